The van der Waals surface area contributed by atoms with E-state index in [0.29, 0.717) is 0 Å². The molecule has 4 heteroatoms. The van der Waals surface area contributed by atoms with E-state index in [4.69, 9.17) is 0 Å². The highest BCUT2D eigenvalue weighted by molar-refractivity contribution is 7.17. The zero-order chi connectivity index (χ0) is 17.6. The third kappa shape index (κ3) is 4.82. The molecule has 0 saturated carbocycles. The van der Waals surface area contributed by atoms with Gasteiger partial charge in [0.15, 0.2) is 0 Å². The van der Waals surface area contributed by atoms with Crippen LogP contribution in [-0.4, -0.2) is 54.2 Å². The SMILES string of the molecule is CCCCCN1CCN(CC(C)C(O)c2csc3ccccc23)CC1. The smallest absolute Gasteiger partial charge is 0.0841 e. The Morgan fingerprint density at radius 3 is 2.56 bits per heavy atom. The van der Waals surface area contributed by atoms with E-state index in [9.17, 15) is 5.11 Å². The summed E-state index contributed by atoms with van der Waals surface area (Å²) in [5.74, 6) is 0.254. The Hall–Kier alpha value is -0.940. The topological polar surface area (TPSA) is 26.7 Å². The zero-order valence-corrected chi connectivity index (χ0v) is 16.5. The molecule has 3 rings (SSSR count). The monoisotopic (exact) mass is 360 g/mol. The van der Waals surface area contributed by atoms with Crippen LogP contribution in [0.2, 0.25) is 0 Å². The standard InChI is InChI=1S/C21H32N2OS/c1-3-4-7-10-22-11-13-23(14-12-22)15-17(2)21(24)19-16-25-20-9-6-5-8-18(19)20/h5-6,8-9,16-17,21,24H,3-4,7,10-15H2,1-2H3. The Bertz CT molecular complexity index is 648. The predicted octanol–water partition coefficient (Wildman–Crippen LogP) is 4.38. The van der Waals surface area contributed by atoms with Crippen LogP contribution in [-0.2, 0) is 0 Å². The van der Waals surface area contributed by atoms with E-state index >= 15 is 0 Å². The van der Waals surface area contributed by atoms with E-state index < -0.39 is 0 Å². The minimum atomic E-state index is -0.376. The van der Waals surface area contributed by atoms with Crippen LogP contribution in [0.5, 0.6) is 0 Å². The van der Waals surface area contributed by atoms with Crippen molar-refractivity contribution in [3.05, 3.63) is 35.2 Å². The number of hydrogen-bond donors (Lipinski definition) is 1. The molecule has 1 aromatic heterocycles. The maximum atomic E-state index is 10.9. The van der Waals surface area contributed by atoms with Crippen LogP contribution in [0.4, 0.5) is 0 Å². The summed E-state index contributed by atoms with van der Waals surface area (Å²) in [6.07, 6.45) is 3.60. The van der Waals surface area contributed by atoms with Gasteiger partial charge in [0.25, 0.3) is 0 Å². The fourth-order valence-electron chi connectivity index (χ4n) is 3.82. The minimum absolute atomic E-state index is 0.254. The van der Waals surface area contributed by atoms with Crippen LogP contribution in [0.1, 0.15) is 44.8 Å². The second-order valence-corrected chi connectivity index (χ2v) is 8.37. The molecule has 3 nitrogen and oxygen atoms in total. The first-order chi connectivity index (χ1) is 12.2. The van der Waals surface area contributed by atoms with Crippen molar-refractivity contribution in [1.29, 1.82) is 0 Å². The van der Waals surface area contributed by atoms with Gasteiger partial charge in [0.05, 0.1) is 6.10 Å². The fraction of sp³-hybridized carbons (Fsp3) is 0.619. The number of aliphatic hydroxyl groups is 1. The van der Waals surface area contributed by atoms with Crippen LogP contribution < -0.4 is 0 Å². The molecule has 0 aliphatic carbocycles. The number of aliphatic hydroxyl groups excluding tert-OH is 1. The normalized spacial score (nSPS) is 19.3. The molecule has 1 fully saturated rings. The molecular formula is C21H32N2OS. The second kappa shape index (κ2) is 9.13. The second-order valence-electron chi connectivity index (χ2n) is 7.46. The lowest BCUT2D eigenvalue weighted by Gasteiger charge is -2.36. The summed E-state index contributed by atoms with van der Waals surface area (Å²) in [5, 5.41) is 14.2. The lowest BCUT2D eigenvalue weighted by molar-refractivity contribution is 0.0652. The molecule has 1 saturated heterocycles. The molecule has 0 spiro atoms. The number of benzene rings is 1. The molecule has 2 unspecified atom stereocenters. The molecule has 0 bridgehead atoms. The Morgan fingerprint density at radius 2 is 1.80 bits per heavy atom. The number of unbranched alkanes of at least 4 members (excludes halogenated alkanes) is 2. The van der Waals surface area contributed by atoms with Gasteiger partial charge in [0, 0.05) is 37.4 Å². The fourth-order valence-corrected chi connectivity index (χ4v) is 4.81. The van der Waals surface area contributed by atoms with Crippen molar-refractivity contribution in [3.8, 4) is 0 Å². The zero-order valence-electron chi connectivity index (χ0n) is 15.7. The van der Waals surface area contributed by atoms with Gasteiger partial charge in [-0.2, -0.15) is 0 Å². The van der Waals surface area contributed by atoms with Gasteiger partial charge in [-0.3, -0.25) is 0 Å². The summed E-state index contributed by atoms with van der Waals surface area (Å²) >= 11 is 1.74. The van der Waals surface area contributed by atoms with Gasteiger partial charge in [0.2, 0.25) is 0 Å². The van der Waals surface area contributed by atoms with E-state index in [2.05, 4.69) is 53.3 Å². The highest BCUT2D eigenvalue weighted by atomic mass is 32.1. The maximum Gasteiger partial charge on any atom is 0.0841 e. The Morgan fingerprint density at radius 1 is 1.08 bits per heavy atom. The summed E-state index contributed by atoms with van der Waals surface area (Å²) in [6, 6.07) is 8.40. The first-order valence-electron chi connectivity index (χ1n) is 9.78. The number of thiophene rings is 1. The highest BCUT2D eigenvalue weighted by Crippen LogP contribution is 2.33. The van der Waals surface area contributed by atoms with Gasteiger partial charge >= 0.3 is 0 Å². The van der Waals surface area contributed by atoms with Crippen molar-refractivity contribution in [1.82, 2.24) is 9.80 Å². The molecule has 1 aliphatic heterocycles. The molecule has 0 radical (unpaired) electrons. The Balaban J connectivity index is 1.50. The molecular weight excluding hydrogens is 328 g/mol. The number of fused-ring (bicyclic) bond motifs is 1. The first kappa shape index (κ1) is 18.8. The average Bonchev–Trinajstić information content (AvgIpc) is 3.07. The molecule has 1 N–H and O–H groups in total. The summed E-state index contributed by atoms with van der Waals surface area (Å²) in [4.78, 5) is 5.12. The van der Waals surface area contributed by atoms with E-state index in [1.54, 1.807) is 11.3 Å². The van der Waals surface area contributed by atoms with E-state index in [0.717, 1.165) is 25.2 Å². The average molecular weight is 361 g/mol. The Kier molecular flexibility index (Phi) is 6.88. The summed E-state index contributed by atoms with van der Waals surface area (Å²) < 4.78 is 1.27. The molecule has 0 amide bonds. The number of piperazine rings is 1. The van der Waals surface area contributed by atoms with Gasteiger partial charge in [-0.25, -0.2) is 0 Å². The van der Waals surface area contributed by atoms with Gasteiger partial charge in [-0.15, -0.1) is 11.3 Å². The van der Waals surface area contributed by atoms with Gasteiger partial charge in [0.1, 0.15) is 0 Å². The van der Waals surface area contributed by atoms with Crippen LogP contribution in [0, 0.1) is 5.92 Å². The summed E-state index contributed by atoms with van der Waals surface area (Å²) in [7, 11) is 0. The lowest BCUT2D eigenvalue weighted by atomic mass is 9.96. The molecule has 1 aromatic carbocycles. The highest BCUT2D eigenvalue weighted by Gasteiger charge is 2.24. The van der Waals surface area contributed by atoms with Crippen LogP contribution in [0.3, 0.4) is 0 Å². The third-order valence-corrected chi connectivity index (χ3v) is 6.44. The van der Waals surface area contributed by atoms with E-state index in [1.807, 2.05) is 0 Å². The molecule has 2 heterocycles. The molecule has 138 valence electrons. The predicted molar refractivity (Wildman–Crippen MR) is 108 cm³/mol. The van der Waals surface area contributed by atoms with E-state index in [1.165, 1.54) is 49.0 Å². The van der Waals surface area contributed by atoms with Crippen LogP contribution >= 0.6 is 11.3 Å². The summed E-state index contributed by atoms with van der Waals surface area (Å²) in [5.41, 5.74) is 1.10. The third-order valence-electron chi connectivity index (χ3n) is 5.46. The van der Waals surface area contributed by atoms with Gasteiger partial charge < -0.3 is 14.9 Å². The van der Waals surface area contributed by atoms with Crippen molar-refractivity contribution in [2.75, 3.05) is 39.3 Å². The number of nitrogens with zero attached hydrogens (tertiary/aromatic N) is 2. The molecule has 25 heavy (non-hydrogen) atoms. The summed E-state index contributed by atoms with van der Waals surface area (Å²) in [6.45, 7) is 11.3. The van der Waals surface area contributed by atoms with Crippen molar-refractivity contribution in [2.45, 2.75) is 39.2 Å². The lowest BCUT2D eigenvalue weighted by Crippen LogP contribution is -2.48. The van der Waals surface area contributed by atoms with Crippen molar-refractivity contribution in [2.24, 2.45) is 5.92 Å². The van der Waals surface area contributed by atoms with Crippen molar-refractivity contribution < 1.29 is 5.11 Å². The first-order valence-corrected chi connectivity index (χ1v) is 10.7. The number of hydrogen-bond acceptors (Lipinski definition) is 4. The van der Waals surface area contributed by atoms with E-state index in [-0.39, 0.29) is 12.0 Å². The quantitative estimate of drug-likeness (QED) is 0.708. The Labute approximate surface area is 156 Å². The van der Waals surface area contributed by atoms with Crippen molar-refractivity contribution >= 4 is 21.4 Å². The minimum Gasteiger partial charge on any atom is -0.388 e. The largest absolute Gasteiger partial charge is 0.388 e. The molecule has 1 aliphatic rings. The molecule has 2 atom stereocenters. The van der Waals surface area contributed by atoms with Crippen molar-refractivity contribution in [3.63, 3.8) is 0 Å². The van der Waals surface area contributed by atoms with Crippen LogP contribution in [0.15, 0.2) is 29.6 Å². The molecule has 2 aromatic rings. The van der Waals surface area contributed by atoms with Gasteiger partial charge in [-0.05, 0) is 41.3 Å². The number of rotatable bonds is 8. The van der Waals surface area contributed by atoms with Gasteiger partial charge in [-0.1, -0.05) is 44.9 Å². The van der Waals surface area contributed by atoms with Crippen LogP contribution in [0.25, 0.3) is 10.1 Å². The maximum absolute atomic E-state index is 10.9.